The molecule has 0 amide bonds. The summed E-state index contributed by atoms with van der Waals surface area (Å²) >= 11 is 6.15. The van der Waals surface area contributed by atoms with E-state index < -0.39 is 0 Å². The topological polar surface area (TPSA) is 17.1 Å². The van der Waals surface area contributed by atoms with Gasteiger partial charge in [0.15, 0.2) is 5.78 Å². The minimum atomic E-state index is -0.0116. The highest BCUT2D eigenvalue weighted by molar-refractivity contribution is 6.51. The highest BCUT2D eigenvalue weighted by Crippen LogP contribution is 2.24. The summed E-state index contributed by atoms with van der Waals surface area (Å²) in [6.45, 7) is 5.53. The molecule has 0 aliphatic rings. The molecule has 0 spiro atoms. The molecule has 0 fully saturated rings. The van der Waals surface area contributed by atoms with Gasteiger partial charge in [-0.2, -0.15) is 0 Å². The van der Waals surface area contributed by atoms with Crippen molar-refractivity contribution in [3.05, 3.63) is 41.5 Å². The van der Waals surface area contributed by atoms with Crippen LogP contribution in [0.2, 0.25) is 0 Å². The normalized spacial score (nSPS) is 12.6. The number of benzene rings is 1. The number of hydrogen-bond acceptors (Lipinski definition) is 1. The molecular weight excluding hydrogens is 208 g/mol. The lowest BCUT2D eigenvalue weighted by atomic mass is 10.0. The molecule has 0 aliphatic carbocycles. The fraction of sp³-hybridized carbons (Fsp3) is 0.308. The Morgan fingerprint density at radius 2 is 1.73 bits per heavy atom. The smallest absolute Gasteiger partial charge is 0.162 e. The van der Waals surface area contributed by atoms with Crippen molar-refractivity contribution >= 4 is 22.4 Å². The van der Waals surface area contributed by atoms with E-state index in [4.69, 9.17) is 11.6 Å². The molecular formula is C13H15ClO. The first-order valence-corrected chi connectivity index (χ1v) is 5.38. The van der Waals surface area contributed by atoms with E-state index in [0.717, 1.165) is 5.56 Å². The summed E-state index contributed by atoms with van der Waals surface area (Å²) in [7, 11) is 0. The SMILES string of the molecule is CC(C(=O)C(C)C)=C(Cl)c1ccccc1. The standard InChI is InChI=1S/C13H15ClO/c1-9(2)13(15)10(3)12(14)11-7-5-4-6-8-11/h4-9H,1-3H3. The van der Waals surface area contributed by atoms with Crippen molar-refractivity contribution in [2.75, 3.05) is 0 Å². The first kappa shape index (κ1) is 12.0. The van der Waals surface area contributed by atoms with Crippen LogP contribution in [0.5, 0.6) is 0 Å². The largest absolute Gasteiger partial charge is 0.294 e. The molecule has 0 N–H and O–H groups in total. The number of halogens is 1. The molecule has 1 aromatic rings. The first-order chi connectivity index (χ1) is 7.04. The van der Waals surface area contributed by atoms with E-state index in [0.29, 0.717) is 10.6 Å². The summed E-state index contributed by atoms with van der Waals surface area (Å²) in [5.41, 5.74) is 1.53. The van der Waals surface area contributed by atoms with E-state index in [1.165, 1.54) is 0 Å². The molecule has 0 saturated heterocycles. The Bertz CT molecular complexity index is 377. The second-order valence-electron chi connectivity index (χ2n) is 3.82. The van der Waals surface area contributed by atoms with Crippen LogP contribution in [0, 0.1) is 5.92 Å². The van der Waals surface area contributed by atoms with Crippen LogP contribution in [0.15, 0.2) is 35.9 Å². The van der Waals surface area contributed by atoms with Crippen LogP contribution in [0.3, 0.4) is 0 Å². The first-order valence-electron chi connectivity index (χ1n) is 5.00. The quantitative estimate of drug-likeness (QED) is 0.710. The van der Waals surface area contributed by atoms with E-state index in [-0.39, 0.29) is 11.7 Å². The van der Waals surface area contributed by atoms with Crippen molar-refractivity contribution < 1.29 is 4.79 Å². The second kappa shape index (κ2) is 5.13. The van der Waals surface area contributed by atoms with Gasteiger partial charge >= 0.3 is 0 Å². The molecule has 0 saturated carbocycles. The van der Waals surface area contributed by atoms with E-state index >= 15 is 0 Å². The average Bonchev–Trinajstić information content (AvgIpc) is 2.27. The van der Waals surface area contributed by atoms with Gasteiger partial charge in [0.05, 0.1) is 5.03 Å². The van der Waals surface area contributed by atoms with Crippen LogP contribution in [0.1, 0.15) is 26.3 Å². The molecule has 0 atom stereocenters. The molecule has 0 aromatic heterocycles. The molecule has 0 heterocycles. The third kappa shape index (κ3) is 2.93. The highest BCUT2D eigenvalue weighted by atomic mass is 35.5. The van der Waals surface area contributed by atoms with Gasteiger partial charge in [-0.1, -0.05) is 55.8 Å². The molecule has 0 unspecified atom stereocenters. The minimum Gasteiger partial charge on any atom is -0.294 e. The summed E-state index contributed by atoms with van der Waals surface area (Å²) in [4.78, 5) is 11.7. The Kier molecular flexibility index (Phi) is 4.10. The summed E-state index contributed by atoms with van der Waals surface area (Å²) in [6.07, 6.45) is 0. The van der Waals surface area contributed by atoms with Crippen molar-refractivity contribution in [1.82, 2.24) is 0 Å². The number of carbonyl (C=O) groups excluding carboxylic acids is 1. The zero-order valence-corrected chi connectivity index (χ0v) is 10.0. The van der Waals surface area contributed by atoms with Crippen LogP contribution in [0.4, 0.5) is 0 Å². The van der Waals surface area contributed by atoms with Crippen molar-refractivity contribution in [3.8, 4) is 0 Å². The molecule has 0 radical (unpaired) electrons. The fourth-order valence-electron chi connectivity index (χ4n) is 1.34. The van der Waals surface area contributed by atoms with Gasteiger partial charge in [-0.15, -0.1) is 0 Å². The Balaban J connectivity index is 3.06. The van der Waals surface area contributed by atoms with Crippen molar-refractivity contribution in [1.29, 1.82) is 0 Å². The maximum absolute atomic E-state index is 11.7. The highest BCUT2D eigenvalue weighted by Gasteiger charge is 2.13. The molecule has 1 aromatic carbocycles. The third-order valence-corrected chi connectivity index (χ3v) is 2.75. The second-order valence-corrected chi connectivity index (χ2v) is 4.20. The predicted molar refractivity (Wildman–Crippen MR) is 64.7 cm³/mol. The maximum atomic E-state index is 11.7. The Morgan fingerprint density at radius 1 is 1.20 bits per heavy atom. The Morgan fingerprint density at radius 3 is 2.20 bits per heavy atom. The average molecular weight is 223 g/mol. The van der Waals surface area contributed by atoms with Gasteiger partial charge in [-0.3, -0.25) is 4.79 Å². The molecule has 0 aliphatic heterocycles. The van der Waals surface area contributed by atoms with E-state index in [1.807, 2.05) is 44.2 Å². The Hall–Kier alpha value is -1.08. The van der Waals surface area contributed by atoms with Gasteiger partial charge in [0.1, 0.15) is 0 Å². The van der Waals surface area contributed by atoms with Crippen LogP contribution in [-0.4, -0.2) is 5.78 Å². The van der Waals surface area contributed by atoms with E-state index in [9.17, 15) is 4.79 Å². The van der Waals surface area contributed by atoms with Crippen molar-refractivity contribution in [2.24, 2.45) is 5.92 Å². The lowest BCUT2D eigenvalue weighted by Crippen LogP contribution is -2.08. The molecule has 15 heavy (non-hydrogen) atoms. The van der Waals surface area contributed by atoms with Crippen LogP contribution in [-0.2, 0) is 4.79 Å². The number of allylic oxidation sites excluding steroid dienone is 1. The van der Waals surface area contributed by atoms with Gasteiger partial charge in [0.2, 0.25) is 0 Å². The van der Waals surface area contributed by atoms with Crippen LogP contribution < -0.4 is 0 Å². The summed E-state index contributed by atoms with van der Waals surface area (Å²) in [5, 5.41) is 0.550. The van der Waals surface area contributed by atoms with Crippen molar-refractivity contribution in [3.63, 3.8) is 0 Å². The summed E-state index contributed by atoms with van der Waals surface area (Å²) in [5.74, 6) is 0.0892. The van der Waals surface area contributed by atoms with E-state index in [1.54, 1.807) is 6.92 Å². The molecule has 1 rings (SSSR count). The number of carbonyl (C=O) groups is 1. The lowest BCUT2D eigenvalue weighted by molar-refractivity contribution is -0.118. The molecule has 2 heteroatoms. The molecule has 0 bridgehead atoms. The van der Waals surface area contributed by atoms with Gasteiger partial charge in [0, 0.05) is 11.5 Å². The van der Waals surface area contributed by atoms with Crippen LogP contribution >= 0.6 is 11.6 Å². The van der Waals surface area contributed by atoms with Gasteiger partial charge < -0.3 is 0 Å². The molecule has 80 valence electrons. The minimum absolute atomic E-state index is 0.0116. The fourth-order valence-corrected chi connectivity index (χ4v) is 1.56. The summed E-state index contributed by atoms with van der Waals surface area (Å²) in [6, 6.07) is 9.54. The lowest BCUT2D eigenvalue weighted by Gasteiger charge is -2.07. The zero-order valence-electron chi connectivity index (χ0n) is 9.25. The Labute approximate surface area is 95.8 Å². The number of ketones is 1. The third-order valence-electron chi connectivity index (χ3n) is 2.25. The van der Waals surface area contributed by atoms with Crippen molar-refractivity contribution in [2.45, 2.75) is 20.8 Å². The molecule has 1 nitrogen and oxygen atoms in total. The van der Waals surface area contributed by atoms with Gasteiger partial charge in [0.25, 0.3) is 0 Å². The number of Topliss-reactive ketones (excluding diaryl/α,β-unsaturated/α-hetero) is 1. The monoisotopic (exact) mass is 222 g/mol. The van der Waals surface area contributed by atoms with Crippen LogP contribution in [0.25, 0.3) is 5.03 Å². The number of rotatable bonds is 3. The van der Waals surface area contributed by atoms with E-state index in [2.05, 4.69) is 0 Å². The number of hydrogen-bond donors (Lipinski definition) is 0. The van der Waals surface area contributed by atoms with Gasteiger partial charge in [-0.05, 0) is 12.5 Å². The van der Waals surface area contributed by atoms with Gasteiger partial charge in [-0.25, -0.2) is 0 Å². The summed E-state index contributed by atoms with van der Waals surface area (Å²) < 4.78 is 0. The zero-order chi connectivity index (χ0) is 11.4. The maximum Gasteiger partial charge on any atom is 0.162 e. The predicted octanol–water partition coefficient (Wildman–Crippen LogP) is 3.88.